The van der Waals surface area contributed by atoms with Crippen LogP contribution in [-0.4, -0.2) is 57.7 Å². The zero-order chi connectivity index (χ0) is 19.1. The monoisotopic (exact) mass is 364 g/mol. The van der Waals surface area contributed by atoms with E-state index < -0.39 is 0 Å². The Bertz CT molecular complexity index is 647. The van der Waals surface area contributed by atoms with Crippen molar-refractivity contribution in [3.63, 3.8) is 0 Å². The van der Waals surface area contributed by atoms with E-state index in [-0.39, 0.29) is 24.8 Å². The second-order valence-corrected chi connectivity index (χ2v) is 6.50. The van der Waals surface area contributed by atoms with Crippen LogP contribution in [0.5, 0.6) is 17.2 Å². The van der Waals surface area contributed by atoms with Crippen molar-refractivity contribution in [2.24, 2.45) is 5.92 Å². The topological polar surface area (TPSA) is 77.1 Å². The number of rotatable bonds is 7. The summed E-state index contributed by atoms with van der Waals surface area (Å²) in [5.74, 6) is 1.61. The molecule has 1 aromatic rings. The van der Waals surface area contributed by atoms with Gasteiger partial charge in [-0.3, -0.25) is 9.59 Å². The Morgan fingerprint density at radius 2 is 1.77 bits per heavy atom. The van der Waals surface area contributed by atoms with Gasteiger partial charge in [0.25, 0.3) is 5.91 Å². The molecule has 1 atom stereocenters. The zero-order valence-corrected chi connectivity index (χ0v) is 16.0. The third kappa shape index (κ3) is 4.80. The SMILES string of the molecule is COc1cc(OC)c(C(=O)NCCC(=O)N2CCCC(C)C2)cc1OC. The van der Waals surface area contributed by atoms with Crippen LogP contribution in [0.3, 0.4) is 0 Å². The molecule has 7 nitrogen and oxygen atoms in total. The highest BCUT2D eigenvalue weighted by molar-refractivity contribution is 5.98. The third-order valence-corrected chi connectivity index (χ3v) is 4.58. The molecule has 0 spiro atoms. The quantitative estimate of drug-likeness (QED) is 0.802. The Morgan fingerprint density at radius 3 is 2.38 bits per heavy atom. The number of hydrogen-bond donors (Lipinski definition) is 1. The van der Waals surface area contributed by atoms with Crippen molar-refractivity contribution < 1.29 is 23.8 Å². The summed E-state index contributed by atoms with van der Waals surface area (Å²) in [7, 11) is 4.51. The lowest BCUT2D eigenvalue weighted by atomic mass is 10.00. The van der Waals surface area contributed by atoms with Crippen LogP contribution in [0.25, 0.3) is 0 Å². The van der Waals surface area contributed by atoms with Gasteiger partial charge in [0.05, 0.1) is 26.9 Å². The van der Waals surface area contributed by atoms with E-state index in [1.807, 2.05) is 4.90 Å². The van der Waals surface area contributed by atoms with Crippen LogP contribution < -0.4 is 19.5 Å². The van der Waals surface area contributed by atoms with E-state index in [1.165, 1.54) is 27.8 Å². The lowest BCUT2D eigenvalue weighted by molar-refractivity contribution is -0.132. The highest BCUT2D eigenvalue weighted by atomic mass is 16.5. The summed E-state index contributed by atoms with van der Waals surface area (Å²) in [5.41, 5.74) is 0.337. The highest BCUT2D eigenvalue weighted by Crippen LogP contribution is 2.34. The minimum atomic E-state index is -0.317. The molecule has 7 heteroatoms. The molecule has 26 heavy (non-hydrogen) atoms. The number of amides is 2. The number of ether oxygens (including phenoxy) is 3. The molecule has 0 aromatic heterocycles. The molecule has 1 heterocycles. The van der Waals surface area contributed by atoms with Gasteiger partial charge in [-0.15, -0.1) is 0 Å². The number of piperidine rings is 1. The molecule has 1 saturated heterocycles. The summed E-state index contributed by atoms with van der Waals surface area (Å²) < 4.78 is 15.7. The molecule has 2 rings (SSSR count). The van der Waals surface area contributed by atoms with Crippen molar-refractivity contribution in [2.75, 3.05) is 41.0 Å². The van der Waals surface area contributed by atoms with Gasteiger partial charge >= 0.3 is 0 Å². The number of hydrogen-bond acceptors (Lipinski definition) is 5. The van der Waals surface area contributed by atoms with Crippen LogP contribution in [0.1, 0.15) is 36.5 Å². The van der Waals surface area contributed by atoms with E-state index >= 15 is 0 Å². The average molecular weight is 364 g/mol. The predicted octanol–water partition coefficient (Wildman–Crippen LogP) is 2.09. The Labute approximate surface area is 154 Å². The van der Waals surface area contributed by atoms with Crippen LogP contribution in [0.4, 0.5) is 0 Å². The number of carbonyl (C=O) groups is 2. The number of benzene rings is 1. The molecule has 1 aliphatic heterocycles. The Morgan fingerprint density at radius 1 is 1.12 bits per heavy atom. The Kier molecular flexibility index (Phi) is 7.12. The summed E-state index contributed by atoms with van der Waals surface area (Å²) >= 11 is 0. The number of carbonyl (C=O) groups excluding carboxylic acids is 2. The van der Waals surface area contributed by atoms with Crippen molar-refractivity contribution in [1.82, 2.24) is 10.2 Å². The summed E-state index contributed by atoms with van der Waals surface area (Å²) in [6, 6.07) is 3.18. The highest BCUT2D eigenvalue weighted by Gasteiger charge is 2.21. The fourth-order valence-corrected chi connectivity index (χ4v) is 3.16. The first-order valence-corrected chi connectivity index (χ1v) is 8.86. The van der Waals surface area contributed by atoms with Crippen LogP contribution in [0, 0.1) is 5.92 Å². The molecule has 0 aliphatic carbocycles. The van der Waals surface area contributed by atoms with Gasteiger partial charge in [-0.1, -0.05) is 6.92 Å². The van der Waals surface area contributed by atoms with Gasteiger partial charge in [-0.05, 0) is 18.8 Å². The van der Waals surface area contributed by atoms with Crippen molar-refractivity contribution in [2.45, 2.75) is 26.2 Å². The first kappa shape index (κ1) is 19.9. The lowest BCUT2D eigenvalue weighted by Crippen LogP contribution is -2.40. The Hall–Kier alpha value is -2.44. The number of methoxy groups -OCH3 is 3. The number of nitrogens with one attached hydrogen (secondary N) is 1. The molecule has 144 valence electrons. The Balaban J connectivity index is 1.96. The standard InChI is InChI=1S/C19H28N2O5/c1-13-6-5-9-21(12-13)18(22)7-8-20-19(23)14-10-16(25-3)17(26-4)11-15(14)24-2/h10-11,13H,5-9,12H2,1-4H3,(H,20,23). The predicted molar refractivity (Wildman–Crippen MR) is 98.0 cm³/mol. The van der Waals surface area contributed by atoms with E-state index in [0.29, 0.717) is 28.7 Å². The van der Waals surface area contributed by atoms with Gasteiger partial charge in [-0.2, -0.15) is 0 Å². The first-order chi connectivity index (χ1) is 12.5. The first-order valence-electron chi connectivity index (χ1n) is 8.86. The summed E-state index contributed by atoms with van der Waals surface area (Å²) in [5, 5.41) is 2.78. The molecule has 1 N–H and O–H groups in total. The fourth-order valence-electron chi connectivity index (χ4n) is 3.16. The maximum atomic E-state index is 12.5. The van der Waals surface area contributed by atoms with Crippen molar-refractivity contribution in [3.05, 3.63) is 17.7 Å². The summed E-state index contributed by atoms with van der Waals surface area (Å²) in [4.78, 5) is 26.7. The van der Waals surface area contributed by atoms with Gasteiger partial charge in [0.15, 0.2) is 11.5 Å². The molecule has 1 aliphatic rings. The van der Waals surface area contributed by atoms with E-state index in [1.54, 1.807) is 12.1 Å². The largest absolute Gasteiger partial charge is 0.496 e. The number of likely N-dealkylation sites (tertiary alicyclic amines) is 1. The van der Waals surface area contributed by atoms with E-state index in [4.69, 9.17) is 14.2 Å². The normalized spacial score (nSPS) is 16.8. The second kappa shape index (κ2) is 9.31. The minimum absolute atomic E-state index is 0.0797. The van der Waals surface area contributed by atoms with Gasteiger partial charge in [0, 0.05) is 38.2 Å². The van der Waals surface area contributed by atoms with Crippen molar-refractivity contribution in [3.8, 4) is 17.2 Å². The van der Waals surface area contributed by atoms with Crippen LogP contribution >= 0.6 is 0 Å². The average Bonchev–Trinajstić information content (AvgIpc) is 2.66. The van der Waals surface area contributed by atoms with Gasteiger partial charge < -0.3 is 24.4 Å². The van der Waals surface area contributed by atoms with Gasteiger partial charge in [0.2, 0.25) is 5.91 Å². The molecule has 0 saturated carbocycles. The smallest absolute Gasteiger partial charge is 0.255 e. The summed E-state index contributed by atoms with van der Waals surface area (Å²) in [6.07, 6.45) is 2.50. The summed E-state index contributed by atoms with van der Waals surface area (Å²) in [6.45, 7) is 4.04. The second-order valence-electron chi connectivity index (χ2n) is 6.50. The molecule has 1 aromatic carbocycles. The number of nitrogens with zero attached hydrogens (tertiary/aromatic N) is 1. The van der Waals surface area contributed by atoms with E-state index in [0.717, 1.165) is 19.5 Å². The molecular formula is C19H28N2O5. The van der Waals surface area contributed by atoms with Gasteiger partial charge in [-0.25, -0.2) is 0 Å². The van der Waals surface area contributed by atoms with Crippen LogP contribution in [-0.2, 0) is 4.79 Å². The maximum absolute atomic E-state index is 12.5. The van der Waals surface area contributed by atoms with Crippen molar-refractivity contribution >= 4 is 11.8 Å². The molecule has 1 fully saturated rings. The fraction of sp³-hybridized carbons (Fsp3) is 0.579. The molecule has 2 amide bonds. The van der Waals surface area contributed by atoms with Crippen LogP contribution in [0.2, 0.25) is 0 Å². The van der Waals surface area contributed by atoms with E-state index in [2.05, 4.69) is 12.2 Å². The van der Waals surface area contributed by atoms with Gasteiger partial charge in [0.1, 0.15) is 5.75 Å². The molecule has 0 radical (unpaired) electrons. The van der Waals surface area contributed by atoms with Crippen molar-refractivity contribution in [1.29, 1.82) is 0 Å². The lowest BCUT2D eigenvalue weighted by Gasteiger charge is -2.31. The molecule has 1 unspecified atom stereocenters. The zero-order valence-electron chi connectivity index (χ0n) is 16.0. The molecule has 0 bridgehead atoms. The maximum Gasteiger partial charge on any atom is 0.255 e. The third-order valence-electron chi connectivity index (χ3n) is 4.58. The minimum Gasteiger partial charge on any atom is -0.496 e. The van der Waals surface area contributed by atoms with E-state index in [9.17, 15) is 9.59 Å². The molecular weight excluding hydrogens is 336 g/mol. The van der Waals surface area contributed by atoms with Crippen LogP contribution in [0.15, 0.2) is 12.1 Å².